The third kappa shape index (κ3) is 12.5. The van der Waals surface area contributed by atoms with Crippen LogP contribution in [0.2, 0.25) is 0 Å². The molecule has 262 valence electrons. The van der Waals surface area contributed by atoms with E-state index in [-0.39, 0.29) is 23.3 Å². The summed E-state index contributed by atoms with van der Waals surface area (Å²) in [4.78, 5) is 11.2. The molecule has 1 aliphatic heterocycles. The standard InChI is InChI=1S/C35H62O10/c1-11-18(2)12-19(3)13-24(8)33(45-35-32(41)31(40)30(39)27(17-36)44-35)25(9)15-22(6)28(37)20(4)14-21(5)29(38)23(7)16-26(10)34(42)43/h14-16,18-20,23-25,27-33,35-41H,11-13,17H2,1-10H3,(H,42,43)/b21-14+,22-15+,26-16+/t18?,19?,20?,23?,24?,25?,27-,28?,29?,30-,31+,32+,33?,35+/m1/s1/i11+1,12+1,13+1,14+1,15+1,16+1,28+1,29+1,33+1,34+1. The van der Waals surface area contributed by atoms with Crippen molar-refractivity contribution in [3.8, 4) is 0 Å². The zero-order valence-electron chi connectivity index (χ0n) is 29.0. The van der Waals surface area contributed by atoms with E-state index in [2.05, 4.69) is 27.7 Å². The third-order valence-corrected chi connectivity index (χ3v) is 9.33. The normalized spacial score (nSPS) is 29.7. The molecule has 0 amide bonds. The number of aliphatic hydroxyl groups is 6. The fourth-order valence-electron chi connectivity index (χ4n) is 6.43. The highest BCUT2D eigenvalue weighted by atomic mass is 16.7. The summed E-state index contributed by atoms with van der Waals surface area (Å²) in [5, 5.41) is 72.1. The SMILES string of the molecule is C[13CH2]C(C)[13CH2]C(C)[13CH2]C(C)[13CH](O[C@@H]1O[C@H](CO)[C@@H](O)[C@H](O)[C@@H]1O)C(C)/[13CH]=C(\C)[13CH](O)C(C)/[13CH]=C(\C)[13CH](O)C(C)/[13CH]=C(\C)[13C](=O)O. The van der Waals surface area contributed by atoms with Crippen molar-refractivity contribution in [1.29, 1.82) is 0 Å². The van der Waals surface area contributed by atoms with E-state index < -0.39 is 67.5 Å². The van der Waals surface area contributed by atoms with Crippen LogP contribution < -0.4 is 0 Å². The topological polar surface area (TPSA) is 177 Å². The van der Waals surface area contributed by atoms with Crippen molar-refractivity contribution in [2.24, 2.45) is 35.5 Å². The molecular weight excluding hydrogens is 590 g/mol. The van der Waals surface area contributed by atoms with Crippen LogP contribution in [0.15, 0.2) is 34.9 Å². The van der Waals surface area contributed by atoms with Crippen LogP contribution in [0.3, 0.4) is 0 Å². The summed E-state index contributed by atoms with van der Waals surface area (Å²) in [6.45, 7) is 18.7. The number of aliphatic carboxylic acids is 1. The summed E-state index contributed by atoms with van der Waals surface area (Å²) in [5.41, 5.74) is 1.46. The molecule has 0 spiro atoms. The summed E-state index contributed by atoms with van der Waals surface area (Å²) >= 11 is 0. The smallest absolute Gasteiger partial charge is 0.330 e. The Hall–Kier alpha value is -1.63. The molecule has 9 unspecified atom stereocenters. The Morgan fingerprint density at radius 2 is 1.29 bits per heavy atom. The number of hydrogen-bond acceptors (Lipinski definition) is 9. The first-order valence-corrected chi connectivity index (χ1v) is 16.5. The van der Waals surface area contributed by atoms with Crippen LogP contribution in [-0.4, -0.2) is 97.3 Å². The van der Waals surface area contributed by atoms with E-state index in [0.717, 1.165) is 19.3 Å². The number of carbonyl (C=O) groups is 1. The van der Waals surface area contributed by atoms with E-state index >= 15 is 0 Å². The van der Waals surface area contributed by atoms with Gasteiger partial charge in [-0.25, -0.2) is 4.79 Å². The summed E-state index contributed by atoms with van der Waals surface area (Å²) in [6.07, 6.45) is -1.000. The second-order valence-corrected chi connectivity index (χ2v) is 13.8. The minimum atomic E-state index is -1.55. The lowest BCUT2D eigenvalue weighted by atomic mass is 9.99. The van der Waals surface area contributed by atoms with Gasteiger partial charge in [-0.05, 0) is 62.5 Å². The maximum atomic E-state index is 11.2. The first-order valence-electron chi connectivity index (χ1n) is 16.5. The average Bonchev–Trinajstić information content (AvgIpc) is 2.97. The van der Waals surface area contributed by atoms with Gasteiger partial charge in [-0.15, -0.1) is 0 Å². The van der Waals surface area contributed by atoms with Crippen LogP contribution in [0.4, 0.5) is 0 Å². The van der Waals surface area contributed by atoms with Crippen molar-refractivity contribution < 1.29 is 50.0 Å². The molecule has 10 nitrogen and oxygen atoms in total. The van der Waals surface area contributed by atoms with Gasteiger partial charge in [-0.3, -0.25) is 0 Å². The zero-order valence-corrected chi connectivity index (χ0v) is 29.0. The average molecular weight is 653 g/mol. The van der Waals surface area contributed by atoms with Crippen molar-refractivity contribution >= 4 is 5.97 Å². The molecule has 1 fully saturated rings. The second kappa shape index (κ2) is 19.3. The molecule has 7 N–H and O–H groups in total. The molecule has 0 saturated carbocycles. The quantitative estimate of drug-likeness (QED) is 0.0654. The van der Waals surface area contributed by atoms with Crippen LogP contribution in [0.1, 0.15) is 88.5 Å². The van der Waals surface area contributed by atoms with Crippen molar-refractivity contribution in [2.45, 2.75) is 138 Å². The van der Waals surface area contributed by atoms with Crippen LogP contribution in [0.5, 0.6) is 0 Å². The zero-order chi connectivity index (χ0) is 34.8. The number of ether oxygens (including phenoxy) is 2. The minimum Gasteiger partial charge on any atom is -0.478 e. The number of aliphatic hydroxyl groups excluding tert-OH is 6. The predicted molar refractivity (Wildman–Crippen MR) is 174 cm³/mol. The van der Waals surface area contributed by atoms with Gasteiger partial charge in [0, 0.05) is 23.3 Å². The predicted octanol–water partition coefficient (Wildman–Crippen LogP) is 3.82. The third-order valence-electron chi connectivity index (χ3n) is 9.33. The summed E-state index contributed by atoms with van der Waals surface area (Å²) in [6, 6.07) is 0. The number of hydrogen-bond donors (Lipinski definition) is 7. The maximum Gasteiger partial charge on any atom is 0.330 e. The van der Waals surface area contributed by atoms with E-state index in [0.29, 0.717) is 23.0 Å². The fraction of sp³-hybridized carbons (Fsp3) is 0.800. The van der Waals surface area contributed by atoms with Crippen molar-refractivity contribution in [2.75, 3.05) is 6.61 Å². The van der Waals surface area contributed by atoms with E-state index in [1.165, 1.54) is 13.0 Å². The molecule has 0 aromatic carbocycles. The maximum absolute atomic E-state index is 11.2. The van der Waals surface area contributed by atoms with Gasteiger partial charge in [0.2, 0.25) is 0 Å². The monoisotopic (exact) mass is 652 g/mol. The molecule has 14 atom stereocenters. The Morgan fingerprint density at radius 1 is 0.778 bits per heavy atom. The second-order valence-electron chi connectivity index (χ2n) is 13.8. The van der Waals surface area contributed by atoms with Crippen LogP contribution >= 0.6 is 0 Å². The van der Waals surface area contributed by atoms with E-state index in [9.17, 15) is 35.4 Å². The molecule has 1 saturated heterocycles. The molecule has 0 aliphatic carbocycles. The van der Waals surface area contributed by atoms with Gasteiger partial charge < -0.3 is 45.2 Å². The number of rotatable bonds is 18. The highest BCUT2D eigenvalue weighted by Crippen LogP contribution is 2.33. The van der Waals surface area contributed by atoms with E-state index in [4.69, 9.17) is 14.6 Å². The van der Waals surface area contributed by atoms with Gasteiger partial charge in [0.15, 0.2) is 6.29 Å². The van der Waals surface area contributed by atoms with Gasteiger partial charge in [0.25, 0.3) is 0 Å². The molecular formula is C35H62O10. The van der Waals surface area contributed by atoms with E-state index in [1.54, 1.807) is 19.9 Å². The Morgan fingerprint density at radius 3 is 1.78 bits per heavy atom. The van der Waals surface area contributed by atoms with Crippen molar-refractivity contribution in [1.82, 2.24) is 0 Å². The van der Waals surface area contributed by atoms with Crippen molar-refractivity contribution in [3.63, 3.8) is 0 Å². The lowest BCUT2D eigenvalue weighted by Crippen LogP contribution is -2.60. The molecule has 0 radical (unpaired) electrons. The van der Waals surface area contributed by atoms with Crippen LogP contribution in [-0.2, 0) is 14.3 Å². The van der Waals surface area contributed by atoms with Gasteiger partial charge in [0.1, 0.15) is 24.4 Å². The van der Waals surface area contributed by atoms with Crippen molar-refractivity contribution in [3.05, 3.63) is 34.9 Å². The van der Waals surface area contributed by atoms with Gasteiger partial charge in [-0.1, -0.05) is 73.1 Å². The molecule has 45 heavy (non-hydrogen) atoms. The Kier molecular flexibility index (Phi) is 17.7. The van der Waals surface area contributed by atoms with E-state index in [1.807, 2.05) is 26.8 Å². The minimum absolute atomic E-state index is 0.00821. The van der Waals surface area contributed by atoms with Crippen LogP contribution in [0.25, 0.3) is 0 Å². The summed E-state index contributed by atoms with van der Waals surface area (Å²) in [7, 11) is 0. The molecule has 1 heterocycles. The Balaban J connectivity index is 3.23. The fourth-order valence-corrected chi connectivity index (χ4v) is 6.43. The number of carboxylic acids is 1. The highest BCUT2D eigenvalue weighted by molar-refractivity contribution is 5.85. The van der Waals surface area contributed by atoms with Gasteiger partial charge >= 0.3 is 5.97 Å². The van der Waals surface area contributed by atoms with Gasteiger partial charge in [0.05, 0.1) is 24.9 Å². The molecule has 10 heteroatoms. The highest BCUT2D eigenvalue weighted by Gasteiger charge is 2.45. The molecule has 0 aromatic rings. The molecule has 1 rings (SSSR count). The summed E-state index contributed by atoms with van der Waals surface area (Å²) < 4.78 is 12.0. The van der Waals surface area contributed by atoms with Gasteiger partial charge in [-0.2, -0.15) is 0 Å². The molecule has 0 aromatic heterocycles. The lowest BCUT2D eigenvalue weighted by Gasteiger charge is -2.42. The van der Waals surface area contributed by atoms with Crippen LogP contribution in [0, 0.1) is 35.5 Å². The first-order chi connectivity index (χ1) is 20.9. The molecule has 1 aliphatic rings. The Bertz CT molecular complexity index is 991. The largest absolute Gasteiger partial charge is 0.478 e. The lowest BCUT2D eigenvalue weighted by molar-refractivity contribution is -0.317. The summed E-state index contributed by atoms with van der Waals surface area (Å²) in [5.74, 6) is -1.13. The Labute approximate surface area is 270 Å². The first kappa shape index (κ1) is 41.4. The molecule has 0 bridgehead atoms. The number of carboxylic acid groups (broad SMARTS) is 1.